The predicted octanol–water partition coefficient (Wildman–Crippen LogP) is -1.41. The number of carbonyl (C=O) groups is 1. The van der Waals surface area contributed by atoms with Gasteiger partial charge in [-0.3, -0.25) is 4.79 Å². The Balaban J connectivity index is -0.000000114. The molecule has 0 aromatic carbocycles. The molecule has 3 N–H and O–H groups in total. The second-order valence-corrected chi connectivity index (χ2v) is 4.63. The van der Waals surface area contributed by atoms with E-state index < -0.39 is 22.7 Å². The van der Waals surface area contributed by atoms with Crippen molar-refractivity contribution in [1.82, 2.24) is 0 Å². The summed E-state index contributed by atoms with van der Waals surface area (Å²) in [4.78, 5) is 9.00. The van der Waals surface area contributed by atoms with Crippen LogP contribution in [0.3, 0.4) is 0 Å². The molecule has 9 heteroatoms. The topological polar surface area (TPSA) is 121 Å². The van der Waals surface area contributed by atoms with Crippen LogP contribution < -0.4 is 0 Å². The van der Waals surface area contributed by atoms with Gasteiger partial charge in [0.05, 0.1) is 0 Å². The molecule has 0 aliphatic rings. The monoisotopic (exact) mass is 350 g/mol. The van der Waals surface area contributed by atoms with Crippen molar-refractivity contribution < 1.29 is 46.0 Å². The summed E-state index contributed by atoms with van der Waals surface area (Å²) in [6.45, 7) is 1.08. The van der Waals surface area contributed by atoms with Gasteiger partial charge in [-0.2, -0.15) is 0 Å². The van der Waals surface area contributed by atoms with E-state index in [0.717, 1.165) is 6.92 Å². The van der Waals surface area contributed by atoms with Crippen LogP contribution in [0.2, 0.25) is 0 Å². The van der Waals surface area contributed by atoms with Crippen LogP contribution in [0.1, 0.15) is 6.92 Å². The van der Waals surface area contributed by atoms with Crippen molar-refractivity contribution in [1.29, 1.82) is 0 Å². The summed E-state index contributed by atoms with van der Waals surface area (Å²) in [5.41, 5.74) is 0. The Morgan fingerprint density at radius 3 is 1.55 bits per heavy atom. The van der Waals surface area contributed by atoms with Crippen LogP contribution in [-0.2, 0) is 31.9 Å². The Hall–Kier alpha value is 0.638. The third kappa shape index (κ3) is 60.0. The molecule has 0 heterocycles. The van der Waals surface area contributed by atoms with Crippen molar-refractivity contribution in [3.05, 3.63) is 0 Å². The summed E-state index contributed by atoms with van der Waals surface area (Å²) >= 11 is -5.66. The quantitative estimate of drug-likeness (QED) is 0.302. The standard InChI is InChI=1S/C2H4O2.Na.H2O2.H2O.2O.W.H/c1-2(3)4;;1-2;;;;;/h1H3,(H,3,4);;1-2H;1H2;;;;/q;;;;;;+2;/p-2. The second-order valence-electron chi connectivity index (χ2n) is 1.02. The first-order valence-corrected chi connectivity index (χ1v) is 6.70. The molecule has 0 aromatic rings. The van der Waals surface area contributed by atoms with Crippen LogP contribution in [0.4, 0.5) is 0 Å². The average Bonchev–Trinajstić information content (AvgIpc) is 1.63. The van der Waals surface area contributed by atoms with E-state index in [1.807, 2.05) is 0 Å². The molecule has 0 bridgehead atoms. The van der Waals surface area contributed by atoms with E-state index in [4.69, 9.17) is 18.9 Å². The molecular formula is C2H7NaO7W. The Kier molecular flexibility index (Phi) is 14.0. The molecule has 0 atom stereocenters. The van der Waals surface area contributed by atoms with E-state index in [1.54, 1.807) is 0 Å². The van der Waals surface area contributed by atoms with Crippen LogP contribution in [0, 0.1) is 0 Å². The molecule has 0 rings (SSSR count). The van der Waals surface area contributed by atoms with Crippen molar-refractivity contribution >= 4 is 35.5 Å². The molecule has 7 nitrogen and oxygen atoms in total. The Morgan fingerprint density at radius 2 is 1.55 bits per heavy atom. The molecular weight excluding hydrogens is 343 g/mol. The number of carboxylic acid groups (broad SMARTS) is 1. The number of carboxylic acids is 1. The summed E-state index contributed by atoms with van der Waals surface area (Å²) < 4.78 is 28.5. The molecule has 0 aliphatic carbocycles. The molecule has 0 amide bonds. The van der Waals surface area contributed by atoms with Gasteiger partial charge in [-0.15, -0.1) is 0 Å². The van der Waals surface area contributed by atoms with Crippen molar-refractivity contribution in [3.63, 3.8) is 0 Å². The maximum absolute atomic E-state index is 9.21. The van der Waals surface area contributed by atoms with Gasteiger partial charge < -0.3 is 5.11 Å². The molecule has 0 unspecified atom stereocenters. The van der Waals surface area contributed by atoms with E-state index in [0.29, 0.717) is 0 Å². The summed E-state index contributed by atoms with van der Waals surface area (Å²) in [5.74, 6) is -0.833. The van der Waals surface area contributed by atoms with Gasteiger partial charge in [-0.05, 0) is 0 Å². The zero-order valence-electron chi connectivity index (χ0n) is 4.88. The van der Waals surface area contributed by atoms with Crippen LogP contribution in [0.5, 0.6) is 0 Å². The fourth-order valence-electron chi connectivity index (χ4n) is 0. The van der Waals surface area contributed by atoms with Gasteiger partial charge in [-0.1, -0.05) is 0 Å². The van der Waals surface area contributed by atoms with E-state index >= 15 is 0 Å². The van der Waals surface area contributed by atoms with E-state index in [9.17, 15) is 6.80 Å². The van der Waals surface area contributed by atoms with Gasteiger partial charge in [0, 0.05) is 6.92 Å². The summed E-state index contributed by atoms with van der Waals surface area (Å²) in [7, 11) is 0. The van der Waals surface area contributed by atoms with Crippen LogP contribution in [0.25, 0.3) is 0 Å². The SMILES string of the molecule is CC(=O)O.[NaH].[O]=[W](=[O])([OH])[O]O. The van der Waals surface area contributed by atoms with Crippen molar-refractivity contribution in [2.24, 2.45) is 0 Å². The number of hydrogen-bond donors (Lipinski definition) is 3. The first kappa shape index (κ1) is 17.7. The zero-order chi connectivity index (χ0) is 8.78. The molecule has 11 heavy (non-hydrogen) atoms. The van der Waals surface area contributed by atoms with Gasteiger partial charge in [0.2, 0.25) is 0 Å². The van der Waals surface area contributed by atoms with Gasteiger partial charge in [0.25, 0.3) is 5.97 Å². The third-order valence-electron chi connectivity index (χ3n) is 0.0942. The molecule has 0 aromatic heterocycles. The van der Waals surface area contributed by atoms with Gasteiger partial charge in [-0.25, -0.2) is 0 Å². The summed E-state index contributed by atoms with van der Waals surface area (Å²) in [5, 5.41) is 14.5. The number of aliphatic carboxylic acids is 1. The summed E-state index contributed by atoms with van der Waals surface area (Å²) in [6.07, 6.45) is 0. The minimum absolute atomic E-state index is 0. The molecule has 64 valence electrons. The molecule has 0 saturated heterocycles. The Labute approximate surface area is 87.9 Å². The molecule has 0 aliphatic heterocycles. The average molecular weight is 350 g/mol. The van der Waals surface area contributed by atoms with Gasteiger partial charge >= 0.3 is 65.7 Å². The fraction of sp³-hybridized carbons (Fsp3) is 0.500. The number of rotatable bonds is 1. The molecule has 0 spiro atoms. The van der Waals surface area contributed by atoms with Crippen molar-refractivity contribution in [2.75, 3.05) is 0 Å². The van der Waals surface area contributed by atoms with Gasteiger partial charge in [0.15, 0.2) is 0 Å². The normalized spacial score (nSPS) is 8.64. The predicted molar refractivity (Wildman–Crippen MR) is 27.8 cm³/mol. The number of hydrogen-bond acceptors (Lipinski definition) is 5. The van der Waals surface area contributed by atoms with Crippen molar-refractivity contribution in [2.45, 2.75) is 6.92 Å². The van der Waals surface area contributed by atoms with E-state index in [1.165, 1.54) is 0 Å². The zero-order valence-corrected chi connectivity index (χ0v) is 7.82. The molecule has 0 radical (unpaired) electrons. The van der Waals surface area contributed by atoms with E-state index in [2.05, 4.69) is 3.54 Å². The van der Waals surface area contributed by atoms with E-state index in [-0.39, 0.29) is 29.6 Å². The first-order chi connectivity index (χ1) is 4.29. The van der Waals surface area contributed by atoms with Crippen LogP contribution in [-0.4, -0.2) is 49.7 Å². The fourth-order valence-corrected chi connectivity index (χ4v) is 0. The third-order valence-corrected chi connectivity index (χ3v) is 0.771. The second kappa shape index (κ2) is 8.73. The van der Waals surface area contributed by atoms with Crippen molar-refractivity contribution in [3.8, 4) is 0 Å². The Morgan fingerprint density at radius 1 is 1.45 bits per heavy atom. The van der Waals surface area contributed by atoms with Crippen LogP contribution >= 0.6 is 0 Å². The summed E-state index contributed by atoms with van der Waals surface area (Å²) in [6, 6.07) is 0. The van der Waals surface area contributed by atoms with Crippen LogP contribution in [0.15, 0.2) is 0 Å². The first-order valence-electron chi connectivity index (χ1n) is 1.79. The molecule has 0 fully saturated rings. The molecule has 0 saturated carbocycles. The maximum atomic E-state index is 9.21. The van der Waals surface area contributed by atoms with Gasteiger partial charge in [0.1, 0.15) is 0 Å². The Bertz CT molecular complexity index is 179. The minimum atomic E-state index is -5.66.